The van der Waals surface area contributed by atoms with E-state index in [1.54, 1.807) is 13.8 Å². The number of rotatable bonds is 6. The van der Waals surface area contributed by atoms with Gasteiger partial charge in [0.25, 0.3) is 0 Å². The van der Waals surface area contributed by atoms with Crippen LogP contribution in [-0.2, 0) is 9.53 Å². The molecule has 0 aliphatic carbocycles. The number of aryl methyl sites for hydroxylation is 1. The van der Waals surface area contributed by atoms with Gasteiger partial charge in [0.05, 0.1) is 29.2 Å². The van der Waals surface area contributed by atoms with Crippen LogP contribution in [0.3, 0.4) is 0 Å². The molecule has 1 aliphatic heterocycles. The summed E-state index contributed by atoms with van der Waals surface area (Å²) >= 11 is 1.22. The van der Waals surface area contributed by atoms with Gasteiger partial charge in [-0.15, -0.1) is 0 Å². The van der Waals surface area contributed by atoms with E-state index in [0.717, 1.165) is 6.42 Å². The molecule has 1 aromatic heterocycles. The SMILES string of the molecule is CCOC(=O)c1cc(C#N)c(SCC(=O)N2CC=C(c3ccccc3)CC2)nc1C. The van der Waals surface area contributed by atoms with Crippen molar-refractivity contribution < 1.29 is 14.3 Å². The Labute approximate surface area is 180 Å². The molecule has 0 N–H and O–H groups in total. The van der Waals surface area contributed by atoms with E-state index in [9.17, 15) is 14.9 Å². The van der Waals surface area contributed by atoms with Gasteiger partial charge in [0.15, 0.2) is 0 Å². The summed E-state index contributed by atoms with van der Waals surface area (Å²) in [4.78, 5) is 30.8. The molecule has 7 heteroatoms. The second-order valence-corrected chi connectivity index (χ2v) is 7.74. The molecule has 0 saturated heterocycles. The highest BCUT2D eigenvalue weighted by Crippen LogP contribution is 2.25. The van der Waals surface area contributed by atoms with Crippen molar-refractivity contribution in [3.8, 4) is 6.07 Å². The van der Waals surface area contributed by atoms with Crippen LogP contribution in [0.15, 0.2) is 47.5 Å². The smallest absolute Gasteiger partial charge is 0.340 e. The number of aromatic nitrogens is 1. The van der Waals surface area contributed by atoms with E-state index in [0.29, 0.717) is 23.8 Å². The van der Waals surface area contributed by atoms with Crippen molar-refractivity contribution in [2.45, 2.75) is 25.3 Å². The van der Waals surface area contributed by atoms with E-state index in [2.05, 4.69) is 29.3 Å². The number of pyridine rings is 1. The first-order valence-corrected chi connectivity index (χ1v) is 10.8. The molecular formula is C23H23N3O3S. The number of benzene rings is 1. The number of amides is 1. The number of thioether (sulfide) groups is 1. The van der Waals surface area contributed by atoms with Crippen LogP contribution in [0, 0.1) is 18.3 Å². The molecule has 3 rings (SSSR count). The maximum Gasteiger partial charge on any atom is 0.340 e. The second kappa shape index (κ2) is 10.1. The molecule has 0 atom stereocenters. The summed E-state index contributed by atoms with van der Waals surface area (Å²) in [7, 11) is 0. The quantitative estimate of drug-likeness (QED) is 0.520. The number of nitriles is 1. The van der Waals surface area contributed by atoms with E-state index in [4.69, 9.17) is 4.74 Å². The van der Waals surface area contributed by atoms with Crippen LogP contribution in [-0.4, -0.2) is 47.2 Å². The maximum absolute atomic E-state index is 12.7. The molecule has 30 heavy (non-hydrogen) atoms. The molecule has 2 heterocycles. The number of carbonyl (C=O) groups excluding carboxylic acids is 2. The third kappa shape index (κ3) is 5.08. The van der Waals surface area contributed by atoms with Gasteiger partial charge in [-0.3, -0.25) is 4.79 Å². The molecule has 0 saturated carbocycles. The van der Waals surface area contributed by atoms with Gasteiger partial charge >= 0.3 is 5.97 Å². The largest absolute Gasteiger partial charge is 0.462 e. The molecule has 1 aliphatic rings. The van der Waals surface area contributed by atoms with Gasteiger partial charge in [-0.25, -0.2) is 9.78 Å². The van der Waals surface area contributed by atoms with Gasteiger partial charge < -0.3 is 9.64 Å². The molecule has 0 bridgehead atoms. The van der Waals surface area contributed by atoms with Crippen molar-refractivity contribution in [3.63, 3.8) is 0 Å². The Morgan fingerprint density at radius 2 is 2.07 bits per heavy atom. The Morgan fingerprint density at radius 3 is 2.70 bits per heavy atom. The zero-order valence-corrected chi connectivity index (χ0v) is 17.9. The van der Waals surface area contributed by atoms with Crippen molar-refractivity contribution in [2.75, 3.05) is 25.4 Å². The monoisotopic (exact) mass is 421 g/mol. The third-order valence-corrected chi connectivity index (χ3v) is 5.81. The summed E-state index contributed by atoms with van der Waals surface area (Å²) in [5.74, 6) is -0.309. The molecular weight excluding hydrogens is 398 g/mol. The van der Waals surface area contributed by atoms with Crippen LogP contribution in [0.2, 0.25) is 0 Å². The van der Waals surface area contributed by atoms with Gasteiger partial charge in [-0.2, -0.15) is 5.26 Å². The fraction of sp³-hybridized carbons (Fsp3) is 0.304. The number of carbonyl (C=O) groups is 2. The summed E-state index contributed by atoms with van der Waals surface area (Å²) in [6.45, 7) is 4.91. The first-order chi connectivity index (χ1) is 14.5. The van der Waals surface area contributed by atoms with Crippen molar-refractivity contribution in [1.29, 1.82) is 5.26 Å². The van der Waals surface area contributed by atoms with E-state index >= 15 is 0 Å². The van der Waals surface area contributed by atoms with Gasteiger partial charge in [0.2, 0.25) is 5.91 Å². The summed E-state index contributed by atoms with van der Waals surface area (Å²) in [5.41, 5.74) is 3.48. The van der Waals surface area contributed by atoms with E-state index < -0.39 is 5.97 Å². The van der Waals surface area contributed by atoms with Crippen LogP contribution in [0.4, 0.5) is 0 Å². The fourth-order valence-electron chi connectivity index (χ4n) is 3.22. The van der Waals surface area contributed by atoms with Crippen LogP contribution >= 0.6 is 11.8 Å². The molecule has 154 valence electrons. The Kier molecular flexibility index (Phi) is 7.26. The average molecular weight is 422 g/mol. The van der Waals surface area contributed by atoms with E-state index in [1.165, 1.54) is 29.0 Å². The van der Waals surface area contributed by atoms with Crippen molar-refractivity contribution in [2.24, 2.45) is 0 Å². The third-order valence-electron chi connectivity index (χ3n) is 4.83. The molecule has 6 nitrogen and oxygen atoms in total. The molecule has 2 aromatic rings. The predicted octanol–water partition coefficient (Wildman–Crippen LogP) is 3.85. The lowest BCUT2D eigenvalue weighted by molar-refractivity contribution is -0.127. The molecule has 0 spiro atoms. The Bertz CT molecular complexity index is 1010. The summed E-state index contributed by atoms with van der Waals surface area (Å²) in [6, 6.07) is 13.7. The van der Waals surface area contributed by atoms with Crippen LogP contribution in [0.5, 0.6) is 0 Å². The normalized spacial score (nSPS) is 13.4. The number of ether oxygens (including phenoxy) is 1. The lowest BCUT2D eigenvalue weighted by Crippen LogP contribution is -2.35. The minimum Gasteiger partial charge on any atom is -0.462 e. The van der Waals surface area contributed by atoms with Crippen molar-refractivity contribution in [1.82, 2.24) is 9.88 Å². The second-order valence-electron chi connectivity index (χ2n) is 6.78. The summed E-state index contributed by atoms with van der Waals surface area (Å²) in [5, 5.41) is 9.89. The zero-order chi connectivity index (χ0) is 21.5. The first-order valence-electron chi connectivity index (χ1n) is 9.77. The summed E-state index contributed by atoms with van der Waals surface area (Å²) in [6.07, 6.45) is 2.91. The lowest BCUT2D eigenvalue weighted by atomic mass is 10.00. The fourth-order valence-corrected chi connectivity index (χ4v) is 4.12. The van der Waals surface area contributed by atoms with E-state index in [1.807, 2.05) is 23.1 Å². The minimum atomic E-state index is -0.499. The Balaban J connectivity index is 1.64. The average Bonchev–Trinajstić information content (AvgIpc) is 2.78. The number of nitrogens with zero attached hydrogens (tertiary/aromatic N) is 3. The molecule has 0 radical (unpaired) electrons. The summed E-state index contributed by atoms with van der Waals surface area (Å²) < 4.78 is 5.00. The highest BCUT2D eigenvalue weighted by atomic mass is 32.2. The van der Waals surface area contributed by atoms with Crippen LogP contribution in [0.25, 0.3) is 5.57 Å². The minimum absolute atomic E-state index is 0.00109. The van der Waals surface area contributed by atoms with Gasteiger partial charge in [-0.1, -0.05) is 48.2 Å². The zero-order valence-electron chi connectivity index (χ0n) is 17.1. The first kappa shape index (κ1) is 21.6. The van der Waals surface area contributed by atoms with Crippen LogP contribution < -0.4 is 0 Å². The lowest BCUT2D eigenvalue weighted by Gasteiger charge is -2.26. The Hall–Kier alpha value is -3.11. The topological polar surface area (TPSA) is 83.3 Å². The number of esters is 1. The standard InChI is InChI=1S/C23H23N3O3S/c1-3-29-23(28)20-13-19(14-24)22(25-16(20)2)30-15-21(27)26-11-9-18(10-12-26)17-7-5-4-6-8-17/h4-9,13H,3,10-12,15H2,1-2H3. The molecule has 1 aromatic carbocycles. The molecule has 0 fully saturated rings. The maximum atomic E-state index is 12.7. The van der Waals surface area contributed by atoms with Gasteiger partial charge in [-0.05, 0) is 37.5 Å². The highest BCUT2D eigenvalue weighted by Gasteiger charge is 2.20. The van der Waals surface area contributed by atoms with Crippen LogP contribution in [0.1, 0.15) is 40.5 Å². The molecule has 1 amide bonds. The van der Waals surface area contributed by atoms with Crippen molar-refractivity contribution >= 4 is 29.2 Å². The predicted molar refractivity (Wildman–Crippen MR) is 116 cm³/mol. The molecule has 0 unspecified atom stereocenters. The highest BCUT2D eigenvalue weighted by molar-refractivity contribution is 8.00. The van der Waals surface area contributed by atoms with Gasteiger partial charge in [0, 0.05) is 13.1 Å². The number of hydrogen-bond donors (Lipinski definition) is 0. The van der Waals surface area contributed by atoms with Crippen molar-refractivity contribution in [3.05, 3.63) is 64.9 Å². The Morgan fingerprint density at radius 1 is 1.30 bits per heavy atom. The number of hydrogen-bond acceptors (Lipinski definition) is 6. The van der Waals surface area contributed by atoms with Gasteiger partial charge in [0.1, 0.15) is 11.1 Å². The van der Waals surface area contributed by atoms with E-state index in [-0.39, 0.29) is 29.4 Å².